The second-order valence-electron chi connectivity index (χ2n) is 7.40. The third kappa shape index (κ3) is 4.24. The maximum Gasteiger partial charge on any atom is 0.320 e. The van der Waals surface area contributed by atoms with Crippen molar-refractivity contribution in [1.82, 2.24) is 20.5 Å². The topological polar surface area (TPSA) is 94.7 Å². The first-order chi connectivity index (χ1) is 13.7. The van der Waals surface area contributed by atoms with Gasteiger partial charge in [-0.3, -0.25) is 10.4 Å². The van der Waals surface area contributed by atoms with Crippen LogP contribution in [0.2, 0.25) is 0 Å². The molecule has 1 saturated carbocycles. The summed E-state index contributed by atoms with van der Waals surface area (Å²) in [5.74, 6) is 1.32. The van der Waals surface area contributed by atoms with Crippen LogP contribution in [-0.4, -0.2) is 27.3 Å². The van der Waals surface area contributed by atoms with Gasteiger partial charge in [-0.1, -0.05) is 49.6 Å². The first-order valence-electron chi connectivity index (χ1n) is 9.92. The predicted molar refractivity (Wildman–Crippen MR) is 111 cm³/mol. The van der Waals surface area contributed by atoms with Crippen molar-refractivity contribution >= 4 is 28.6 Å². The molecule has 1 aliphatic carbocycles. The average molecular weight is 378 g/mol. The van der Waals surface area contributed by atoms with E-state index in [4.69, 9.17) is 0 Å². The minimum atomic E-state index is -0.289. The maximum atomic E-state index is 12.3. The monoisotopic (exact) mass is 378 g/mol. The van der Waals surface area contributed by atoms with Gasteiger partial charge in [-0.25, -0.2) is 9.78 Å². The molecule has 4 N–H and O–H groups in total. The smallest absolute Gasteiger partial charge is 0.320 e. The number of pyridine rings is 1. The van der Waals surface area contributed by atoms with E-state index in [2.05, 4.69) is 31.1 Å². The van der Waals surface area contributed by atoms with E-state index >= 15 is 0 Å². The molecule has 0 saturated heterocycles. The summed E-state index contributed by atoms with van der Waals surface area (Å²) < 4.78 is 0. The highest BCUT2D eigenvalue weighted by Crippen LogP contribution is 2.26. The lowest BCUT2D eigenvalue weighted by Crippen LogP contribution is -2.31. The van der Waals surface area contributed by atoms with Crippen LogP contribution in [0.15, 0.2) is 42.6 Å². The Balaban J connectivity index is 1.40. The van der Waals surface area contributed by atoms with Gasteiger partial charge in [0.2, 0.25) is 0 Å². The quantitative estimate of drug-likeness (QED) is 0.522. The van der Waals surface area contributed by atoms with Gasteiger partial charge in [-0.05, 0) is 25.3 Å². The number of benzene rings is 1. The number of urea groups is 1. The van der Waals surface area contributed by atoms with Gasteiger partial charge in [0.25, 0.3) is 0 Å². The van der Waals surface area contributed by atoms with Crippen LogP contribution in [-0.2, 0) is 0 Å². The van der Waals surface area contributed by atoms with E-state index in [0.717, 1.165) is 22.3 Å². The number of nitrogens with one attached hydrogen (secondary N) is 4. The van der Waals surface area contributed by atoms with Crippen molar-refractivity contribution in [2.45, 2.75) is 51.1 Å². The Morgan fingerprint density at radius 1 is 1.18 bits per heavy atom. The fourth-order valence-electron chi connectivity index (χ4n) is 3.71. The molecule has 0 bridgehead atoms. The van der Waals surface area contributed by atoms with Crippen LogP contribution in [0.1, 0.15) is 50.6 Å². The lowest BCUT2D eigenvalue weighted by atomic mass is 9.95. The van der Waals surface area contributed by atoms with Gasteiger partial charge < -0.3 is 10.6 Å². The van der Waals surface area contributed by atoms with Gasteiger partial charge in [0, 0.05) is 18.3 Å². The number of anilines is 2. The lowest BCUT2D eigenvalue weighted by molar-refractivity contribution is 0.249. The molecule has 2 aromatic heterocycles. The number of fused-ring (bicyclic) bond motifs is 1. The molecule has 0 spiro atoms. The van der Waals surface area contributed by atoms with Crippen LogP contribution in [0, 0.1) is 0 Å². The van der Waals surface area contributed by atoms with Crippen molar-refractivity contribution in [3.05, 3.63) is 48.2 Å². The minimum Gasteiger partial charge on any atom is -0.365 e. The van der Waals surface area contributed by atoms with Crippen molar-refractivity contribution in [1.29, 1.82) is 0 Å². The molecule has 2 amide bonds. The molecule has 1 aromatic carbocycles. The second-order valence-corrected chi connectivity index (χ2v) is 7.40. The summed E-state index contributed by atoms with van der Waals surface area (Å²) >= 11 is 0. The summed E-state index contributed by atoms with van der Waals surface area (Å²) in [6, 6.07) is 11.7. The zero-order valence-corrected chi connectivity index (χ0v) is 16.0. The number of carbonyl (C=O) groups excluding carboxylic acids is 1. The first kappa shape index (κ1) is 18.3. The highest BCUT2D eigenvalue weighted by atomic mass is 16.2. The van der Waals surface area contributed by atoms with Crippen molar-refractivity contribution in [3.8, 4) is 0 Å². The second kappa shape index (κ2) is 8.29. The summed E-state index contributed by atoms with van der Waals surface area (Å²) in [4.78, 5) is 16.7. The fourth-order valence-corrected chi connectivity index (χ4v) is 3.71. The number of aromatic amines is 1. The Kier molecular flexibility index (Phi) is 5.41. The Hall–Kier alpha value is -3.09. The van der Waals surface area contributed by atoms with Crippen LogP contribution in [0.3, 0.4) is 0 Å². The van der Waals surface area contributed by atoms with Gasteiger partial charge >= 0.3 is 6.03 Å². The summed E-state index contributed by atoms with van der Waals surface area (Å²) in [6.07, 6.45) is 7.97. The number of rotatable bonds is 5. The van der Waals surface area contributed by atoms with Crippen LogP contribution in [0.5, 0.6) is 0 Å². The van der Waals surface area contributed by atoms with E-state index in [1.165, 1.54) is 32.1 Å². The molecule has 7 heteroatoms. The number of hydrogen-bond acceptors (Lipinski definition) is 4. The normalized spacial score (nSPS) is 15.9. The third-order valence-corrected chi connectivity index (χ3v) is 5.28. The van der Waals surface area contributed by atoms with Crippen molar-refractivity contribution in [2.75, 3.05) is 10.6 Å². The summed E-state index contributed by atoms with van der Waals surface area (Å²) in [5, 5.41) is 17.6. The zero-order valence-electron chi connectivity index (χ0n) is 16.0. The number of amides is 2. The standard InChI is InChI=1S/C21H26N6O/c1-14(15-8-4-2-5-9-15)23-21(28)25-19-12-18-17(13-22-19)20(27-26-18)24-16-10-6-3-7-11-16/h2,4-5,8-9,12-14,16H,3,6-7,10-11H2,1H3,(H2,24,26,27)(H2,22,23,25,28). The number of nitrogens with zero attached hydrogens (tertiary/aromatic N) is 2. The highest BCUT2D eigenvalue weighted by molar-refractivity contribution is 5.94. The van der Waals surface area contributed by atoms with Gasteiger partial charge in [-0.2, -0.15) is 5.10 Å². The van der Waals surface area contributed by atoms with Crippen LogP contribution < -0.4 is 16.0 Å². The van der Waals surface area contributed by atoms with E-state index in [0.29, 0.717) is 11.9 Å². The molecule has 28 heavy (non-hydrogen) atoms. The van der Waals surface area contributed by atoms with Crippen LogP contribution >= 0.6 is 0 Å². The molecule has 1 unspecified atom stereocenters. The van der Waals surface area contributed by atoms with Gasteiger partial charge in [0.05, 0.1) is 16.9 Å². The van der Waals surface area contributed by atoms with E-state index in [9.17, 15) is 4.79 Å². The third-order valence-electron chi connectivity index (χ3n) is 5.28. The van der Waals surface area contributed by atoms with Crippen molar-refractivity contribution in [3.63, 3.8) is 0 Å². The van der Waals surface area contributed by atoms with Gasteiger partial charge in [0.1, 0.15) is 5.82 Å². The molecule has 1 aliphatic rings. The van der Waals surface area contributed by atoms with Crippen LogP contribution in [0.25, 0.3) is 10.9 Å². The summed E-state index contributed by atoms with van der Waals surface area (Å²) in [5.41, 5.74) is 1.90. The maximum absolute atomic E-state index is 12.3. The predicted octanol–water partition coefficient (Wildman–Crippen LogP) is 4.59. The molecule has 1 atom stereocenters. The SMILES string of the molecule is CC(NC(=O)Nc1cc2[nH]nc(NC3CCCCC3)c2cn1)c1ccccc1. The van der Waals surface area contributed by atoms with Gasteiger partial charge in [0.15, 0.2) is 5.82 Å². The number of carbonyl (C=O) groups is 1. The Morgan fingerprint density at radius 3 is 2.75 bits per heavy atom. The molecule has 146 valence electrons. The highest BCUT2D eigenvalue weighted by Gasteiger charge is 2.16. The Labute approximate surface area is 164 Å². The molecular weight excluding hydrogens is 352 g/mol. The van der Waals surface area contributed by atoms with Gasteiger partial charge in [-0.15, -0.1) is 0 Å². The van der Waals surface area contributed by atoms with E-state index in [1.54, 1.807) is 12.3 Å². The van der Waals surface area contributed by atoms with Crippen molar-refractivity contribution < 1.29 is 4.79 Å². The molecule has 0 aliphatic heterocycles. The van der Waals surface area contributed by atoms with E-state index < -0.39 is 0 Å². The molecule has 7 nitrogen and oxygen atoms in total. The number of H-pyrrole nitrogens is 1. The Bertz CT molecular complexity index is 932. The number of aromatic nitrogens is 3. The summed E-state index contributed by atoms with van der Waals surface area (Å²) in [7, 11) is 0. The number of hydrogen-bond donors (Lipinski definition) is 4. The fraction of sp³-hybridized carbons (Fsp3) is 0.381. The Morgan fingerprint density at radius 2 is 1.96 bits per heavy atom. The molecular formula is C21H26N6O. The van der Waals surface area contributed by atoms with Crippen molar-refractivity contribution in [2.24, 2.45) is 0 Å². The minimum absolute atomic E-state index is 0.0941. The molecule has 3 aromatic rings. The van der Waals surface area contributed by atoms with E-state index in [1.807, 2.05) is 37.3 Å². The largest absolute Gasteiger partial charge is 0.365 e. The molecule has 1 fully saturated rings. The first-order valence-corrected chi connectivity index (χ1v) is 9.92. The molecule has 0 radical (unpaired) electrons. The summed E-state index contributed by atoms with van der Waals surface area (Å²) in [6.45, 7) is 1.95. The molecule has 2 heterocycles. The van der Waals surface area contributed by atoms with E-state index in [-0.39, 0.29) is 12.1 Å². The zero-order chi connectivity index (χ0) is 19.3. The lowest BCUT2D eigenvalue weighted by Gasteiger charge is -2.22. The van der Waals surface area contributed by atoms with Crippen LogP contribution in [0.4, 0.5) is 16.4 Å². The average Bonchev–Trinajstić information content (AvgIpc) is 3.11. The molecule has 4 rings (SSSR count).